The standard InChI is InChI=1S/C17H15ClN6O2/c1-12(13-5-4-6-14(9-13)24-11-19-22-23-24)20-21-17(25)10-26-16-8-3-2-7-15(16)18/h2-9,11H,10H2,1H3,(H,21,25)/b20-12+. The van der Waals surface area contributed by atoms with E-state index in [4.69, 9.17) is 16.3 Å². The summed E-state index contributed by atoms with van der Waals surface area (Å²) < 4.78 is 6.90. The second kappa shape index (κ2) is 8.21. The summed E-state index contributed by atoms with van der Waals surface area (Å²) in [7, 11) is 0. The van der Waals surface area contributed by atoms with E-state index in [1.165, 1.54) is 11.0 Å². The van der Waals surface area contributed by atoms with Gasteiger partial charge in [-0.1, -0.05) is 35.9 Å². The lowest BCUT2D eigenvalue weighted by Crippen LogP contribution is -2.25. The van der Waals surface area contributed by atoms with Crippen LogP contribution in [0, 0.1) is 0 Å². The molecule has 0 aliphatic carbocycles. The van der Waals surface area contributed by atoms with Gasteiger partial charge in [-0.05, 0) is 47.2 Å². The van der Waals surface area contributed by atoms with E-state index in [2.05, 4.69) is 26.1 Å². The lowest BCUT2D eigenvalue weighted by molar-refractivity contribution is -0.123. The second-order valence-corrected chi connectivity index (χ2v) is 5.66. The number of tetrazole rings is 1. The number of nitrogens with one attached hydrogen (secondary N) is 1. The predicted octanol–water partition coefficient (Wildman–Crippen LogP) is 2.23. The van der Waals surface area contributed by atoms with Crippen molar-refractivity contribution in [1.82, 2.24) is 25.6 Å². The third-order valence-corrected chi connectivity index (χ3v) is 3.73. The van der Waals surface area contributed by atoms with Crippen LogP contribution in [0.2, 0.25) is 5.02 Å². The molecule has 0 aliphatic rings. The highest BCUT2D eigenvalue weighted by Crippen LogP contribution is 2.22. The van der Waals surface area contributed by atoms with Gasteiger partial charge in [0.15, 0.2) is 6.61 Å². The number of carbonyl (C=O) groups is 1. The molecule has 1 heterocycles. The first-order valence-electron chi connectivity index (χ1n) is 7.68. The largest absolute Gasteiger partial charge is 0.482 e. The molecule has 0 radical (unpaired) electrons. The fourth-order valence-electron chi connectivity index (χ4n) is 2.10. The number of carbonyl (C=O) groups excluding carboxylic acids is 1. The highest BCUT2D eigenvalue weighted by atomic mass is 35.5. The van der Waals surface area contributed by atoms with E-state index in [0.717, 1.165) is 11.3 Å². The Bertz CT molecular complexity index is 927. The Kier molecular flexibility index (Phi) is 5.55. The van der Waals surface area contributed by atoms with Crippen molar-refractivity contribution >= 4 is 23.2 Å². The molecule has 1 N–H and O–H groups in total. The molecule has 3 aromatic rings. The molecule has 0 fully saturated rings. The molecule has 132 valence electrons. The van der Waals surface area contributed by atoms with E-state index in [1.807, 2.05) is 24.3 Å². The van der Waals surface area contributed by atoms with Gasteiger partial charge in [-0.15, -0.1) is 5.10 Å². The molecule has 0 bridgehead atoms. The molecule has 0 unspecified atom stereocenters. The van der Waals surface area contributed by atoms with Crippen LogP contribution in [-0.4, -0.2) is 38.4 Å². The summed E-state index contributed by atoms with van der Waals surface area (Å²) in [6, 6.07) is 14.4. The monoisotopic (exact) mass is 370 g/mol. The molecule has 26 heavy (non-hydrogen) atoms. The minimum Gasteiger partial charge on any atom is -0.482 e. The average Bonchev–Trinajstić information content (AvgIpc) is 3.20. The van der Waals surface area contributed by atoms with Gasteiger partial charge in [-0.2, -0.15) is 5.10 Å². The summed E-state index contributed by atoms with van der Waals surface area (Å²) in [5.74, 6) is 0.0556. The predicted molar refractivity (Wildman–Crippen MR) is 96.5 cm³/mol. The van der Waals surface area contributed by atoms with E-state index >= 15 is 0 Å². The molecular formula is C17H15ClN6O2. The van der Waals surface area contributed by atoms with Gasteiger partial charge >= 0.3 is 0 Å². The van der Waals surface area contributed by atoms with Crippen LogP contribution in [0.15, 0.2) is 60.0 Å². The summed E-state index contributed by atoms with van der Waals surface area (Å²) in [6.45, 7) is 1.60. The highest BCUT2D eigenvalue weighted by Gasteiger charge is 2.06. The molecular weight excluding hydrogens is 356 g/mol. The minimum absolute atomic E-state index is 0.189. The molecule has 0 saturated heterocycles. The number of benzene rings is 2. The molecule has 9 heteroatoms. The zero-order chi connectivity index (χ0) is 18.4. The summed E-state index contributed by atoms with van der Waals surface area (Å²) in [5, 5.41) is 15.6. The number of hydrogen-bond donors (Lipinski definition) is 1. The van der Waals surface area contributed by atoms with E-state index < -0.39 is 0 Å². The smallest absolute Gasteiger partial charge is 0.277 e. The maximum Gasteiger partial charge on any atom is 0.277 e. The van der Waals surface area contributed by atoms with Crippen molar-refractivity contribution in [3.05, 3.63) is 65.4 Å². The van der Waals surface area contributed by atoms with Crippen LogP contribution in [0.4, 0.5) is 0 Å². The van der Waals surface area contributed by atoms with Gasteiger partial charge in [0, 0.05) is 0 Å². The van der Waals surface area contributed by atoms with Gasteiger partial charge in [0.25, 0.3) is 5.91 Å². The van der Waals surface area contributed by atoms with Crippen LogP contribution in [0.25, 0.3) is 5.69 Å². The number of rotatable bonds is 6. The first-order valence-corrected chi connectivity index (χ1v) is 8.05. The third-order valence-electron chi connectivity index (χ3n) is 3.42. The zero-order valence-electron chi connectivity index (χ0n) is 13.8. The van der Waals surface area contributed by atoms with E-state index in [-0.39, 0.29) is 12.5 Å². The van der Waals surface area contributed by atoms with Crippen molar-refractivity contribution in [3.8, 4) is 11.4 Å². The van der Waals surface area contributed by atoms with Crippen LogP contribution < -0.4 is 10.2 Å². The summed E-state index contributed by atoms with van der Waals surface area (Å²) in [5.41, 5.74) is 4.70. The molecule has 0 spiro atoms. The van der Waals surface area contributed by atoms with Crippen LogP contribution >= 0.6 is 11.6 Å². The fourth-order valence-corrected chi connectivity index (χ4v) is 2.29. The minimum atomic E-state index is -0.388. The second-order valence-electron chi connectivity index (χ2n) is 5.26. The van der Waals surface area contributed by atoms with Crippen molar-refractivity contribution in [1.29, 1.82) is 0 Å². The Morgan fingerprint density at radius 2 is 2.12 bits per heavy atom. The maximum atomic E-state index is 11.9. The number of amides is 1. The van der Waals surface area contributed by atoms with Gasteiger partial charge in [0.05, 0.1) is 16.4 Å². The molecule has 8 nitrogen and oxygen atoms in total. The van der Waals surface area contributed by atoms with Gasteiger partial charge in [0.2, 0.25) is 0 Å². The molecule has 0 aliphatic heterocycles. The van der Waals surface area contributed by atoms with Gasteiger partial charge in [-0.3, -0.25) is 4.79 Å². The Hall–Kier alpha value is -3.26. The van der Waals surface area contributed by atoms with E-state index in [0.29, 0.717) is 16.5 Å². The Morgan fingerprint density at radius 3 is 2.88 bits per heavy atom. The number of aromatic nitrogens is 4. The van der Waals surface area contributed by atoms with Crippen molar-refractivity contribution in [2.24, 2.45) is 5.10 Å². The first-order chi connectivity index (χ1) is 12.6. The van der Waals surface area contributed by atoms with E-state index in [1.54, 1.807) is 31.2 Å². The fraction of sp³-hybridized carbons (Fsp3) is 0.118. The summed E-state index contributed by atoms with van der Waals surface area (Å²) in [4.78, 5) is 11.9. The number of para-hydroxylation sites is 1. The normalized spacial score (nSPS) is 11.2. The summed E-state index contributed by atoms with van der Waals surface area (Å²) in [6.07, 6.45) is 1.50. The molecule has 0 saturated carbocycles. The van der Waals surface area contributed by atoms with Crippen molar-refractivity contribution in [3.63, 3.8) is 0 Å². The molecule has 3 rings (SSSR count). The number of hydrazone groups is 1. The van der Waals surface area contributed by atoms with Crippen molar-refractivity contribution in [2.75, 3.05) is 6.61 Å². The van der Waals surface area contributed by atoms with Gasteiger partial charge in [0.1, 0.15) is 12.1 Å². The Morgan fingerprint density at radius 1 is 1.27 bits per heavy atom. The number of hydrogen-bond acceptors (Lipinski definition) is 6. The van der Waals surface area contributed by atoms with Crippen LogP contribution in [0.1, 0.15) is 12.5 Å². The number of nitrogens with zero attached hydrogens (tertiary/aromatic N) is 5. The molecule has 1 amide bonds. The summed E-state index contributed by atoms with van der Waals surface area (Å²) >= 11 is 5.97. The topological polar surface area (TPSA) is 94.3 Å². The Balaban J connectivity index is 1.60. The zero-order valence-corrected chi connectivity index (χ0v) is 14.6. The number of halogens is 1. The maximum absolute atomic E-state index is 11.9. The van der Waals surface area contributed by atoms with Crippen LogP contribution in [0.5, 0.6) is 5.75 Å². The van der Waals surface area contributed by atoms with Crippen molar-refractivity contribution in [2.45, 2.75) is 6.92 Å². The van der Waals surface area contributed by atoms with Gasteiger partial charge in [-0.25, -0.2) is 10.1 Å². The lowest BCUT2D eigenvalue weighted by Gasteiger charge is -2.07. The first kappa shape index (κ1) is 17.6. The van der Waals surface area contributed by atoms with Crippen LogP contribution in [0.3, 0.4) is 0 Å². The van der Waals surface area contributed by atoms with Crippen molar-refractivity contribution < 1.29 is 9.53 Å². The lowest BCUT2D eigenvalue weighted by atomic mass is 10.1. The molecule has 0 atom stereocenters. The third kappa shape index (κ3) is 4.42. The molecule has 1 aromatic heterocycles. The van der Waals surface area contributed by atoms with Crippen LogP contribution in [-0.2, 0) is 4.79 Å². The average molecular weight is 371 g/mol. The highest BCUT2D eigenvalue weighted by molar-refractivity contribution is 6.32. The van der Waals surface area contributed by atoms with Gasteiger partial charge < -0.3 is 4.74 Å². The SMILES string of the molecule is C/C(=N\NC(=O)COc1ccccc1Cl)c1cccc(-n2cnnn2)c1. The molecule has 2 aromatic carbocycles. The number of ether oxygens (including phenoxy) is 1. The van der Waals surface area contributed by atoms with E-state index in [9.17, 15) is 4.79 Å². The quantitative estimate of drug-likeness (QED) is 0.530. The Labute approximate surface area is 154 Å².